The van der Waals surface area contributed by atoms with Gasteiger partial charge in [-0.2, -0.15) is 0 Å². The van der Waals surface area contributed by atoms with Gasteiger partial charge in [0.1, 0.15) is 4.21 Å². The molecular formula is C17H11Cl3N2O3S2. The number of anilines is 2. The Labute approximate surface area is 174 Å². The number of hydrogen-bond donors (Lipinski definition) is 2. The van der Waals surface area contributed by atoms with Crippen LogP contribution < -0.4 is 10.0 Å². The van der Waals surface area contributed by atoms with Crippen LogP contribution in [-0.2, 0) is 10.0 Å². The van der Waals surface area contributed by atoms with Gasteiger partial charge in [0.15, 0.2) is 0 Å². The number of carbonyl (C=O) groups is 1. The summed E-state index contributed by atoms with van der Waals surface area (Å²) in [6.45, 7) is 0. The van der Waals surface area contributed by atoms with Crippen molar-refractivity contribution in [2.45, 2.75) is 4.21 Å². The molecule has 1 aromatic heterocycles. The molecule has 0 aliphatic carbocycles. The highest BCUT2D eigenvalue weighted by atomic mass is 35.5. The van der Waals surface area contributed by atoms with Gasteiger partial charge in [-0.3, -0.25) is 9.52 Å². The second-order valence-electron chi connectivity index (χ2n) is 5.31. The molecule has 3 rings (SSSR count). The first kappa shape index (κ1) is 20.0. The Hall–Kier alpha value is -1.77. The Balaban J connectivity index is 1.91. The molecule has 0 aliphatic heterocycles. The van der Waals surface area contributed by atoms with Gasteiger partial charge in [-0.05, 0) is 54.6 Å². The van der Waals surface area contributed by atoms with Crippen LogP contribution in [0.4, 0.5) is 11.4 Å². The average molecular weight is 462 g/mol. The molecule has 2 N–H and O–H groups in total. The minimum Gasteiger partial charge on any atom is -0.322 e. The van der Waals surface area contributed by atoms with Crippen LogP contribution >= 0.6 is 46.1 Å². The first-order valence-electron chi connectivity index (χ1n) is 7.39. The summed E-state index contributed by atoms with van der Waals surface area (Å²) < 4.78 is 27.8. The van der Waals surface area contributed by atoms with Gasteiger partial charge in [0.2, 0.25) is 0 Å². The normalized spacial score (nSPS) is 11.2. The third-order valence-corrected chi connectivity index (χ3v) is 6.96. The van der Waals surface area contributed by atoms with E-state index in [0.29, 0.717) is 20.1 Å². The molecule has 0 atom stereocenters. The zero-order valence-corrected chi connectivity index (χ0v) is 17.3. The molecule has 1 heterocycles. The molecule has 0 fully saturated rings. The number of amides is 1. The maximum absolute atomic E-state index is 12.6. The smallest absolute Gasteiger partial charge is 0.271 e. The summed E-state index contributed by atoms with van der Waals surface area (Å²) in [5.74, 6) is -0.526. The van der Waals surface area contributed by atoms with Crippen LogP contribution in [-0.4, -0.2) is 14.3 Å². The fourth-order valence-corrected chi connectivity index (χ4v) is 5.02. The van der Waals surface area contributed by atoms with E-state index in [-0.39, 0.29) is 15.5 Å². The fraction of sp³-hybridized carbons (Fsp3) is 0. The van der Waals surface area contributed by atoms with Gasteiger partial charge < -0.3 is 5.32 Å². The minimum absolute atomic E-state index is 0.0338. The molecule has 5 nitrogen and oxygen atoms in total. The third kappa shape index (κ3) is 4.94. The van der Waals surface area contributed by atoms with Crippen LogP contribution in [0.15, 0.2) is 58.8 Å². The van der Waals surface area contributed by atoms with Crippen molar-refractivity contribution in [1.29, 1.82) is 0 Å². The van der Waals surface area contributed by atoms with Gasteiger partial charge in [-0.1, -0.05) is 34.8 Å². The van der Waals surface area contributed by atoms with Crippen LogP contribution in [0.1, 0.15) is 10.4 Å². The molecule has 0 aliphatic rings. The lowest BCUT2D eigenvalue weighted by molar-refractivity contribution is 0.102. The van der Waals surface area contributed by atoms with Gasteiger partial charge in [0.05, 0.1) is 15.6 Å². The lowest BCUT2D eigenvalue weighted by Crippen LogP contribution is -2.18. The van der Waals surface area contributed by atoms with E-state index < -0.39 is 15.9 Å². The number of rotatable bonds is 5. The Kier molecular flexibility index (Phi) is 5.98. The number of benzene rings is 2. The summed E-state index contributed by atoms with van der Waals surface area (Å²) in [6.07, 6.45) is 0. The van der Waals surface area contributed by atoms with E-state index in [9.17, 15) is 13.2 Å². The Morgan fingerprint density at radius 1 is 0.889 bits per heavy atom. The first-order chi connectivity index (χ1) is 12.7. The molecular weight excluding hydrogens is 451 g/mol. The Morgan fingerprint density at radius 3 is 2.19 bits per heavy atom. The number of nitrogens with one attached hydrogen (secondary N) is 2. The van der Waals surface area contributed by atoms with E-state index in [1.807, 2.05) is 0 Å². The molecule has 0 bridgehead atoms. The van der Waals surface area contributed by atoms with Crippen LogP contribution in [0.25, 0.3) is 0 Å². The lowest BCUT2D eigenvalue weighted by Gasteiger charge is -2.13. The summed E-state index contributed by atoms with van der Waals surface area (Å²) >= 11 is 18.5. The van der Waals surface area contributed by atoms with Crippen molar-refractivity contribution in [1.82, 2.24) is 0 Å². The minimum atomic E-state index is -3.90. The van der Waals surface area contributed by atoms with Crippen LogP contribution in [0.2, 0.25) is 14.4 Å². The molecule has 27 heavy (non-hydrogen) atoms. The number of carbonyl (C=O) groups excluding carboxylic acids is 1. The Bertz CT molecular complexity index is 1100. The van der Waals surface area contributed by atoms with Gasteiger partial charge in [0, 0.05) is 15.7 Å². The van der Waals surface area contributed by atoms with Crippen molar-refractivity contribution in [3.63, 3.8) is 0 Å². The monoisotopic (exact) mass is 460 g/mol. The summed E-state index contributed by atoms with van der Waals surface area (Å²) in [4.78, 5) is 12.6. The van der Waals surface area contributed by atoms with Gasteiger partial charge in [-0.15, -0.1) is 11.3 Å². The van der Waals surface area contributed by atoms with E-state index in [1.165, 1.54) is 30.3 Å². The lowest BCUT2D eigenvalue weighted by atomic mass is 10.1. The van der Waals surface area contributed by atoms with Crippen molar-refractivity contribution in [3.05, 3.63) is 74.5 Å². The predicted octanol–water partition coefficient (Wildman–Crippen LogP) is 5.76. The summed E-state index contributed by atoms with van der Waals surface area (Å²) in [6, 6.07) is 13.7. The molecule has 0 spiro atoms. The maximum atomic E-state index is 12.6. The zero-order valence-electron chi connectivity index (χ0n) is 13.4. The molecule has 0 saturated heterocycles. The number of hydrogen-bond acceptors (Lipinski definition) is 4. The van der Waals surface area contributed by atoms with E-state index in [1.54, 1.807) is 24.3 Å². The van der Waals surface area contributed by atoms with E-state index in [2.05, 4.69) is 10.0 Å². The van der Waals surface area contributed by atoms with Crippen LogP contribution in [0.5, 0.6) is 0 Å². The highest BCUT2D eigenvalue weighted by Crippen LogP contribution is 2.29. The summed E-state index contributed by atoms with van der Waals surface area (Å²) in [5.41, 5.74) is 0.669. The third-order valence-electron chi connectivity index (χ3n) is 3.39. The molecule has 140 valence electrons. The molecule has 10 heteroatoms. The SMILES string of the molecule is O=C(Nc1ccc(Cl)cc1)c1cc(Cl)ccc1NS(=O)(=O)c1ccc(Cl)s1. The molecule has 3 aromatic rings. The Morgan fingerprint density at radius 2 is 1.56 bits per heavy atom. The predicted molar refractivity (Wildman–Crippen MR) is 111 cm³/mol. The molecule has 0 radical (unpaired) electrons. The zero-order chi connectivity index (χ0) is 19.6. The van der Waals surface area contributed by atoms with Crippen molar-refractivity contribution >= 4 is 73.4 Å². The molecule has 1 amide bonds. The van der Waals surface area contributed by atoms with Crippen molar-refractivity contribution < 1.29 is 13.2 Å². The van der Waals surface area contributed by atoms with Crippen molar-refractivity contribution in [3.8, 4) is 0 Å². The largest absolute Gasteiger partial charge is 0.322 e. The number of thiophene rings is 1. The molecule has 0 saturated carbocycles. The second kappa shape index (κ2) is 8.08. The number of halogens is 3. The van der Waals surface area contributed by atoms with Gasteiger partial charge in [-0.25, -0.2) is 8.42 Å². The quantitative estimate of drug-likeness (QED) is 0.507. The standard InChI is InChI=1S/C17H11Cl3N2O3S2/c18-10-1-4-12(5-2-10)21-17(23)13-9-11(19)3-6-14(13)22-27(24,25)16-8-7-15(20)26-16/h1-9,22H,(H,21,23). The van der Waals surface area contributed by atoms with E-state index in [0.717, 1.165) is 11.3 Å². The topological polar surface area (TPSA) is 75.3 Å². The molecule has 0 unspecified atom stereocenters. The average Bonchev–Trinajstić information content (AvgIpc) is 3.06. The van der Waals surface area contributed by atoms with Gasteiger partial charge >= 0.3 is 0 Å². The van der Waals surface area contributed by atoms with Crippen molar-refractivity contribution in [2.75, 3.05) is 10.0 Å². The maximum Gasteiger partial charge on any atom is 0.271 e. The highest BCUT2D eigenvalue weighted by Gasteiger charge is 2.21. The molecule has 2 aromatic carbocycles. The van der Waals surface area contributed by atoms with E-state index >= 15 is 0 Å². The number of sulfonamides is 1. The second-order valence-corrected chi connectivity index (χ2v) is 9.81. The van der Waals surface area contributed by atoms with Gasteiger partial charge in [0.25, 0.3) is 15.9 Å². The van der Waals surface area contributed by atoms with Crippen LogP contribution in [0.3, 0.4) is 0 Å². The summed E-state index contributed by atoms with van der Waals surface area (Å²) in [7, 11) is -3.90. The highest BCUT2D eigenvalue weighted by molar-refractivity contribution is 7.94. The van der Waals surface area contributed by atoms with Crippen molar-refractivity contribution in [2.24, 2.45) is 0 Å². The first-order valence-corrected chi connectivity index (χ1v) is 10.8. The van der Waals surface area contributed by atoms with E-state index in [4.69, 9.17) is 34.8 Å². The van der Waals surface area contributed by atoms with Crippen LogP contribution in [0, 0.1) is 0 Å². The fourth-order valence-electron chi connectivity index (χ4n) is 2.16. The summed E-state index contributed by atoms with van der Waals surface area (Å²) in [5, 5.41) is 3.49.